The van der Waals surface area contributed by atoms with Gasteiger partial charge in [0.25, 0.3) is 0 Å². The Balaban J connectivity index is 1.93. The van der Waals surface area contributed by atoms with E-state index in [-0.39, 0.29) is 0 Å². The quantitative estimate of drug-likeness (QED) is 0.856. The van der Waals surface area contributed by atoms with E-state index in [2.05, 4.69) is 48.7 Å². The molecule has 3 rings (SSSR count). The molecule has 1 unspecified atom stereocenters. The van der Waals surface area contributed by atoms with E-state index < -0.39 is 0 Å². The Morgan fingerprint density at radius 1 is 1.12 bits per heavy atom. The number of nitrogens with zero attached hydrogens (tertiary/aromatic N) is 5. The number of aromatic nitrogens is 4. The summed E-state index contributed by atoms with van der Waals surface area (Å²) in [4.78, 5) is 12.0. The number of hydrogen-bond acceptors (Lipinski definition) is 4. The second kappa shape index (κ2) is 7.01. The van der Waals surface area contributed by atoms with Crippen molar-refractivity contribution >= 4 is 0 Å². The molecule has 24 heavy (non-hydrogen) atoms. The molecule has 130 valence electrons. The van der Waals surface area contributed by atoms with E-state index >= 15 is 0 Å². The van der Waals surface area contributed by atoms with Crippen molar-refractivity contribution in [3.05, 3.63) is 29.8 Å². The molecule has 0 amide bonds. The number of rotatable bonds is 4. The maximum absolute atomic E-state index is 4.77. The molecule has 3 heterocycles. The van der Waals surface area contributed by atoms with E-state index in [1.807, 2.05) is 23.9 Å². The van der Waals surface area contributed by atoms with Crippen LogP contribution in [0.15, 0.2) is 18.3 Å². The van der Waals surface area contributed by atoms with Crippen molar-refractivity contribution < 1.29 is 0 Å². The van der Waals surface area contributed by atoms with E-state index in [0.717, 1.165) is 23.8 Å². The topological polar surface area (TPSA) is 46.8 Å². The van der Waals surface area contributed by atoms with Gasteiger partial charge in [0.1, 0.15) is 5.82 Å². The lowest BCUT2D eigenvalue weighted by Gasteiger charge is -2.35. The molecule has 0 aliphatic carbocycles. The fourth-order valence-corrected chi connectivity index (χ4v) is 3.58. The average Bonchev–Trinajstić information content (AvgIpc) is 3.04. The highest BCUT2D eigenvalue weighted by atomic mass is 15.3. The zero-order chi connectivity index (χ0) is 17.3. The lowest BCUT2D eigenvalue weighted by molar-refractivity contribution is 0.166. The van der Waals surface area contributed by atoms with Gasteiger partial charge in [0.2, 0.25) is 0 Å². The molecule has 0 aromatic carbocycles. The van der Waals surface area contributed by atoms with E-state index in [1.54, 1.807) is 0 Å². The van der Waals surface area contributed by atoms with Crippen molar-refractivity contribution in [2.75, 3.05) is 13.1 Å². The van der Waals surface area contributed by atoms with Crippen LogP contribution < -0.4 is 0 Å². The number of likely N-dealkylation sites (tertiary alicyclic amines) is 1. The van der Waals surface area contributed by atoms with Crippen LogP contribution in [-0.4, -0.2) is 43.8 Å². The van der Waals surface area contributed by atoms with Gasteiger partial charge in [-0.3, -0.25) is 4.68 Å². The van der Waals surface area contributed by atoms with Crippen LogP contribution >= 0.6 is 0 Å². The standard InChI is InChI=1S/C19H29N5/c1-13(2)23-10-6-7-16(12-23)17-11-18(22-15(5)21-17)19-8-9-20-24(19)14(3)4/h8-9,11,13-14,16H,6-7,10,12H2,1-5H3. The molecule has 1 atom stereocenters. The van der Waals surface area contributed by atoms with E-state index in [1.165, 1.54) is 25.1 Å². The highest BCUT2D eigenvalue weighted by Crippen LogP contribution is 2.29. The van der Waals surface area contributed by atoms with Crippen LogP contribution in [0.5, 0.6) is 0 Å². The summed E-state index contributed by atoms with van der Waals surface area (Å²) in [5.41, 5.74) is 3.25. The molecule has 0 saturated carbocycles. The molecule has 1 aliphatic rings. The van der Waals surface area contributed by atoms with E-state index in [0.29, 0.717) is 18.0 Å². The van der Waals surface area contributed by atoms with Crippen molar-refractivity contribution in [3.8, 4) is 11.4 Å². The molecule has 2 aromatic heterocycles. The summed E-state index contributed by atoms with van der Waals surface area (Å²) >= 11 is 0. The molecule has 1 fully saturated rings. The monoisotopic (exact) mass is 327 g/mol. The number of hydrogen-bond donors (Lipinski definition) is 0. The first-order chi connectivity index (χ1) is 11.5. The molecule has 5 heteroatoms. The first-order valence-corrected chi connectivity index (χ1v) is 9.09. The van der Waals surface area contributed by atoms with Gasteiger partial charge in [0.15, 0.2) is 0 Å². The summed E-state index contributed by atoms with van der Waals surface area (Å²) in [5, 5.41) is 4.45. The van der Waals surface area contributed by atoms with Gasteiger partial charge < -0.3 is 4.90 Å². The van der Waals surface area contributed by atoms with Gasteiger partial charge in [-0.15, -0.1) is 0 Å². The second-order valence-electron chi connectivity index (χ2n) is 7.41. The highest BCUT2D eigenvalue weighted by molar-refractivity contribution is 5.55. The largest absolute Gasteiger partial charge is 0.300 e. The predicted molar refractivity (Wildman–Crippen MR) is 97.1 cm³/mol. The normalized spacial score (nSPS) is 19.4. The lowest BCUT2D eigenvalue weighted by Crippen LogP contribution is -2.39. The molecule has 0 bridgehead atoms. The second-order valence-corrected chi connectivity index (χ2v) is 7.41. The van der Waals surface area contributed by atoms with Gasteiger partial charge in [-0.2, -0.15) is 5.10 Å². The molecular weight excluding hydrogens is 298 g/mol. The smallest absolute Gasteiger partial charge is 0.126 e. The number of piperidine rings is 1. The third kappa shape index (κ3) is 3.51. The first kappa shape index (κ1) is 17.1. The van der Waals surface area contributed by atoms with E-state index in [4.69, 9.17) is 4.98 Å². The number of aryl methyl sites for hydroxylation is 1. The van der Waals surface area contributed by atoms with Gasteiger partial charge in [-0.25, -0.2) is 9.97 Å². The Labute approximate surface area is 145 Å². The Kier molecular flexibility index (Phi) is 4.99. The maximum Gasteiger partial charge on any atom is 0.126 e. The van der Waals surface area contributed by atoms with Gasteiger partial charge in [0, 0.05) is 36.4 Å². The Bertz CT molecular complexity index is 689. The molecule has 0 radical (unpaired) electrons. The van der Waals surface area contributed by atoms with Crippen molar-refractivity contribution in [3.63, 3.8) is 0 Å². The molecule has 2 aromatic rings. The molecule has 1 aliphatic heterocycles. The summed E-state index contributed by atoms with van der Waals surface area (Å²) < 4.78 is 2.03. The van der Waals surface area contributed by atoms with Crippen molar-refractivity contribution in [1.29, 1.82) is 0 Å². The van der Waals surface area contributed by atoms with Gasteiger partial charge >= 0.3 is 0 Å². The SMILES string of the molecule is Cc1nc(-c2ccnn2C(C)C)cc(C2CCCN(C(C)C)C2)n1. The molecule has 0 N–H and O–H groups in total. The third-order valence-corrected chi connectivity index (χ3v) is 4.88. The summed E-state index contributed by atoms with van der Waals surface area (Å²) in [6.45, 7) is 13.1. The van der Waals surface area contributed by atoms with Crippen LogP contribution in [0.1, 0.15) is 64.0 Å². The molecule has 1 saturated heterocycles. The van der Waals surface area contributed by atoms with Gasteiger partial charge in [-0.05, 0) is 66.1 Å². The summed E-state index contributed by atoms with van der Waals surface area (Å²) in [5.74, 6) is 1.35. The van der Waals surface area contributed by atoms with Crippen LogP contribution in [0.25, 0.3) is 11.4 Å². The average molecular weight is 327 g/mol. The zero-order valence-corrected chi connectivity index (χ0v) is 15.5. The maximum atomic E-state index is 4.77. The van der Waals surface area contributed by atoms with Gasteiger partial charge in [-0.1, -0.05) is 0 Å². The van der Waals surface area contributed by atoms with E-state index in [9.17, 15) is 0 Å². The van der Waals surface area contributed by atoms with Crippen LogP contribution in [0.2, 0.25) is 0 Å². The molecule has 5 nitrogen and oxygen atoms in total. The minimum atomic E-state index is 0.319. The lowest BCUT2D eigenvalue weighted by atomic mass is 9.93. The third-order valence-electron chi connectivity index (χ3n) is 4.88. The Morgan fingerprint density at radius 3 is 2.62 bits per heavy atom. The first-order valence-electron chi connectivity index (χ1n) is 9.09. The predicted octanol–water partition coefficient (Wildman–Crippen LogP) is 3.82. The van der Waals surface area contributed by atoms with Crippen molar-refractivity contribution in [1.82, 2.24) is 24.6 Å². The zero-order valence-electron chi connectivity index (χ0n) is 15.5. The highest BCUT2D eigenvalue weighted by Gasteiger charge is 2.25. The molecule has 0 spiro atoms. The Morgan fingerprint density at radius 2 is 1.92 bits per heavy atom. The van der Waals surface area contributed by atoms with Crippen LogP contribution in [-0.2, 0) is 0 Å². The fourth-order valence-electron chi connectivity index (χ4n) is 3.58. The Hall–Kier alpha value is -1.75. The van der Waals surface area contributed by atoms with Gasteiger partial charge in [0.05, 0.1) is 11.4 Å². The summed E-state index contributed by atoms with van der Waals surface area (Å²) in [7, 11) is 0. The van der Waals surface area contributed by atoms with Crippen molar-refractivity contribution in [2.24, 2.45) is 0 Å². The van der Waals surface area contributed by atoms with Crippen molar-refractivity contribution in [2.45, 2.75) is 65.5 Å². The minimum Gasteiger partial charge on any atom is -0.300 e. The molecular formula is C19H29N5. The summed E-state index contributed by atoms with van der Waals surface area (Å²) in [6, 6.07) is 5.14. The van der Waals surface area contributed by atoms with Crippen LogP contribution in [0.4, 0.5) is 0 Å². The minimum absolute atomic E-state index is 0.319. The fraction of sp³-hybridized carbons (Fsp3) is 0.632. The van der Waals surface area contributed by atoms with Crippen LogP contribution in [0, 0.1) is 6.92 Å². The van der Waals surface area contributed by atoms with Crippen LogP contribution in [0.3, 0.4) is 0 Å². The summed E-state index contributed by atoms with van der Waals surface area (Å²) in [6.07, 6.45) is 4.31.